The van der Waals surface area contributed by atoms with E-state index >= 15 is 0 Å². The second kappa shape index (κ2) is 6.53. The minimum Gasteiger partial charge on any atom is -0.350 e. The molecule has 1 heterocycles. The fourth-order valence-electron chi connectivity index (χ4n) is 2.61. The Kier molecular flexibility index (Phi) is 5.60. The van der Waals surface area contributed by atoms with E-state index in [0.717, 1.165) is 13.1 Å². The Bertz CT molecular complexity index is 271. The highest BCUT2D eigenvalue weighted by Gasteiger charge is 2.31. The summed E-state index contributed by atoms with van der Waals surface area (Å²) in [6.45, 7) is 10.1. The molecule has 1 amide bonds. The average molecular weight is 255 g/mol. The molecule has 1 aliphatic rings. The maximum absolute atomic E-state index is 12.2. The summed E-state index contributed by atoms with van der Waals surface area (Å²) in [5.74, 6) is 0.144. The van der Waals surface area contributed by atoms with E-state index in [1.165, 1.54) is 19.3 Å². The summed E-state index contributed by atoms with van der Waals surface area (Å²) in [4.78, 5) is 14.6. The monoisotopic (exact) mass is 255 g/mol. The zero-order valence-electron chi connectivity index (χ0n) is 12.5. The van der Waals surface area contributed by atoms with Crippen LogP contribution >= 0.6 is 0 Å². The van der Waals surface area contributed by atoms with Crippen LogP contribution in [0, 0.1) is 0 Å². The highest BCUT2D eigenvalue weighted by molar-refractivity contribution is 5.82. The molecular formula is C14H29N3O. The molecule has 0 bridgehead atoms. The van der Waals surface area contributed by atoms with Crippen LogP contribution in [0.2, 0.25) is 0 Å². The minimum atomic E-state index is -0.153. The highest BCUT2D eigenvalue weighted by Crippen LogP contribution is 2.19. The van der Waals surface area contributed by atoms with Crippen molar-refractivity contribution >= 4 is 5.91 Å². The number of piperidine rings is 1. The normalized spacial score (nSPS) is 23.7. The van der Waals surface area contributed by atoms with Crippen LogP contribution in [0.1, 0.15) is 47.0 Å². The van der Waals surface area contributed by atoms with Gasteiger partial charge in [-0.2, -0.15) is 0 Å². The molecule has 0 spiro atoms. The first-order valence-electron chi connectivity index (χ1n) is 7.07. The van der Waals surface area contributed by atoms with E-state index in [4.69, 9.17) is 0 Å². The van der Waals surface area contributed by atoms with Gasteiger partial charge < -0.3 is 10.6 Å². The van der Waals surface area contributed by atoms with Crippen LogP contribution in [0.3, 0.4) is 0 Å². The molecule has 1 saturated heterocycles. The first kappa shape index (κ1) is 15.4. The van der Waals surface area contributed by atoms with Crippen molar-refractivity contribution in [3.63, 3.8) is 0 Å². The zero-order valence-corrected chi connectivity index (χ0v) is 12.5. The maximum Gasteiger partial charge on any atom is 0.237 e. The van der Waals surface area contributed by atoms with Gasteiger partial charge in [0.1, 0.15) is 0 Å². The van der Waals surface area contributed by atoms with E-state index in [-0.39, 0.29) is 17.5 Å². The Labute approximate surface area is 111 Å². The van der Waals surface area contributed by atoms with E-state index < -0.39 is 0 Å². The summed E-state index contributed by atoms with van der Waals surface area (Å²) in [5.41, 5.74) is -0.153. The SMILES string of the molecule is CNCC1CCCCN1C(C)C(=O)NC(C)(C)C. The number of hydrogen-bond acceptors (Lipinski definition) is 3. The Morgan fingerprint density at radius 1 is 1.39 bits per heavy atom. The fraction of sp³-hybridized carbons (Fsp3) is 0.929. The van der Waals surface area contributed by atoms with Crippen molar-refractivity contribution in [2.24, 2.45) is 0 Å². The molecule has 1 rings (SSSR count). The molecule has 2 atom stereocenters. The van der Waals surface area contributed by atoms with Crippen molar-refractivity contribution in [3.05, 3.63) is 0 Å². The van der Waals surface area contributed by atoms with Crippen molar-refractivity contribution in [1.29, 1.82) is 0 Å². The predicted octanol–water partition coefficient (Wildman–Crippen LogP) is 1.36. The van der Waals surface area contributed by atoms with Gasteiger partial charge in [0.25, 0.3) is 0 Å². The van der Waals surface area contributed by atoms with E-state index in [0.29, 0.717) is 6.04 Å². The number of amides is 1. The number of carbonyl (C=O) groups excluding carboxylic acids is 1. The summed E-state index contributed by atoms with van der Waals surface area (Å²) < 4.78 is 0. The van der Waals surface area contributed by atoms with Gasteiger partial charge >= 0.3 is 0 Å². The molecular weight excluding hydrogens is 226 g/mol. The second-order valence-corrected chi connectivity index (χ2v) is 6.36. The summed E-state index contributed by atoms with van der Waals surface area (Å²) in [5, 5.41) is 6.31. The van der Waals surface area contributed by atoms with Crippen LogP contribution in [0.5, 0.6) is 0 Å². The first-order chi connectivity index (χ1) is 8.35. The van der Waals surface area contributed by atoms with E-state index in [2.05, 4.69) is 15.5 Å². The van der Waals surface area contributed by atoms with Gasteiger partial charge in [-0.1, -0.05) is 6.42 Å². The van der Waals surface area contributed by atoms with E-state index in [9.17, 15) is 4.79 Å². The first-order valence-corrected chi connectivity index (χ1v) is 7.07. The number of likely N-dealkylation sites (N-methyl/N-ethyl adjacent to an activating group) is 1. The molecule has 1 fully saturated rings. The third kappa shape index (κ3) is 4.58. The number of carbonyl (C=O) groups is 1. The number of likely N-dealkylation sites (tertiary alicyclic amines) is 1. The molecule has 0 saturated carbocycles. The van der Waals surface area contributed by atoms with Crippen molar-refractivity contribution in [2.75, 3.05) is 20.1 Å². The Morgan fingerprint density at radius 2 is 2.06 bits per heavy atom. The van der Waals surface area contributed by atoms with E-state index in [1.807, 2.05) is 34.7 Å². The van der Waals surface area contributed by atoms with Gasteiger partial charge in [0.15, 0.2) is 0 Å². The zero-order chi connectivity index (χ0) is 13.8. The quantitative estimate of drug-likeness (QED) is 0.797. The summed E-state index contributed by atoms with van der Waals surface area (Å²) in [7, 11) is 1.98. The van der Waals surface area contributed by atoms with Gasteiger partial charge in [-0.25, -0.2) is 0 Å². The molecule has 18 heavy (non-hydrogen) atoms. The maximum atomic E-state index is 12.2. The smallest absolute Gasteiger partial charge is 0.237 e. The van der Waals surface area contributed by atoms with Crippen molar-refractivity contribution in [2.45, 2.75) is 64.6 Å². The Morgan fingerprint density at radius 3 is 2.61 bits per heavy atom. The number of nitrogens with one attached hydrogen (secondary N) is 2. The average Bonchev–Trinajstić information content (AvgIpc) is 2.27. The topological polar surface area (TPSA) is 44.4 Å². The highest BCUT2D eigenvalue weighted by atomic mass is 16.2. The minimum absolute atomic E-state index is 0.0390. The molecule has 4 nitrogen and oxygen atoms in total. The molecule has 0 aromatic rings. The Balaban J connectivity index is 2.62. The summed E-state index contributed by atoms with van der Waals surface area (Å²) >= 11 is 0. The third-order valence-electron chi connectivity index (χ3n) is 3.49. The number of hydrogen-bond donors (Lipinski definition) is 2. The summed E-state index contributed by atoms with van der Waals surface area (Å²) in [6.07, 6.45) is 3.66. The summed E-state index contributed by atoms with van der Waals surface area (Å²) in [6, 6.07) is 0.451. The molecule has 0 aromatic carbocycles. The second-order valence-electron chi connectivity index (χ2n) is 6.36. The van der Waals surface area contributed by atoms with Crippen molar-refractivity contribution in [3.8, 4) is 0 Å². The lowest BCUT2D eigenvalue weighted by molar-refractivity contribution is -0.128. The van der Waals surface area contributed by atoms with Crippen LogP contribution in [0.15, 0.2) is 0 Å². The largest absolute Gasteiger partial charge is 0.350 e. The van der Waals surface area contributed by atoms with Crippen molar-refractivity contribution < 1.29 is 4.79 Å². The van der Waals surface area contributed by atoms with Gasteiger partial charge in [0, 0.05) is 18.1 Å². The lowest BCUT2D eigenvalue weighted by atomic mass is 9.99. The van der Waals surface area contributed by atoms with Crippen LogP contribution in [-0.2, 0) is 4.79 Å². The van der Waals surface area contributed by atoms with Crippen LogP contribution in [0.4, 0.5) is 0 Å². The number of rotatable bonds is 4. The van der Waals surface area contributed by atoms with Gasteiger partial charge in [0.05, 0.1) is 6.04 Å². The molecule has 4 heteroatoms. The molecule has 106 valence electrons. The molecule has 2 unspecified atom stereocenters. The fourth-order valence-corrected chi connectivity index (χ4v) is 2.61. The molecule has 2 N–H and O–H groups in total. The van der Waals surface area contributed by atoms with Gasteiger partial charge in [-0.3, -0.25) is 9.69 Å². The van der Waals surface area contributed by atoms with E-state index in [1.54, 1.807) is 0 Å². The Hall–Kier alpha value is -0.610. The molecule has 0 aromatic heterocycles. The lowest BCUT2D eigenvalue weighted by Gasteiger charge is -2.40. The number of nitrogens with zero attached hydrogens (tertiary/aromatic N) is 1. The van der Waals surface area contributed by atoms with Gasteiger partial charge in [0.2, 0.25) is 5.91 Å². The van der Waals surface area contributed by atoms with Crippen molar-refractivity contribution in [1.82, 2.24) is 15.5 Å². The lowest BCUT2D eigenvalue weighted by Crippen LogP contribution is -2.56. The van der Waals surface area contributed by atoms with Gasteiger partial charge in [-0.05, 0) is 54.1 Å². The van der Waals surface area contributed by atoms with Crippen LogP contribution in [0.25, 0.3) is 0 Å². The molecule has 0 radical (unpaired) electrons. The third-order valence-corrected chi connectivity index (χ3v) is 3.49. The van der Waals surface area contributed by atoms with Gasteiger partial charge in [-0.15, -0.1) is 0 Å². The standard InChI is InChI=1S/C14H29N3O/c1-11(13(18)16-14(2,3)4)17-9-7-6-8-12(17)10-15-5/h11-12,15H,6-10H2,1-5H3,(H,16,18). The van der Waals surface area contributed by atoms with Crippen LogP contribution < -0.4 is 10.6 Å². The molecule has 0 aliphatic carbocycles. The molecule has 1 aliphatic heterocycles. The predicted molar refractivity (Wildman–Crippen MR) is 75.6 cm³/mol. The van der Waals surface area contributed by atoms with Crippen LogP contribution in [-0.4, -0.2) is 48.6 Å².